The molecule has 2 aromatic rings. The first kappa shape index (κ1) is 16.0. The maximum atomic E-state index is 12.5. The van der Waals surface area contributed by atoms with Gasteiger partial charge in [-0.05, 0) is 41.3 Å². The van der Waals surface area contributed by atoms with E-state index >= 15 is 0 Å². The molecule has 0 spiro atoms. The Labute approximate surface area is 132 Å². The largest absolute Gasteiger partial charge is 0.362 e. The standard InChI is InChI=1S/C18H22N3O/c1-18(2,3)13-8-6-9-14(12-13)20-17(22)15-10-7-11-19-16(15)21(4)5/h6-7,9-12H,1-5H3,(H,20,22). The summed E-state index contributed by atoms with van der Waals surface area (Å²) in [5.74, 6) is 0.487. The molecule has 1 radical (unpaired) electrons. The van der Waals surface area contributed by atoms with Crippen LogP contribution in [0.5, 0.6) is 0 Å². The molecular weight excluding hydrogens is 274 g/mol. The summed E-state index contributed by atoms with van der Waals surface area (Å²) in [6, 6.07) is 12.4. The molecule has 1 aromatic carbocycles. The number of carbonyl (C=O) groups excluding carboxylic acids is 1. The third kappa shape index (κ3) is 3.64. The van der Waals surface area contributed by atoms with Gasteiger partial charge >= 0.3 is 0 Å². The van der Waals surface area contributed by atoms with Crippen molar-refractivity contribution in [2.24, 2.45) is 0 Å². The summed E-state index contributed by atoms with van der Waals surface area (Å²) in [5.41, 5.74) is 2.37. The van der Waals surface area contributed by atoms with E-state index in [1.165, 1.54) is 0 Å². The van der Waals surface area contributed by atoms with Crippen LogP contribution in [0.4, 0.5) is 11.5 Å². The van der Waals surface area contributed by atoms with Crippen LogP contribution in [0.25, 0.3) is 0 Å². The minimum atomic E-state index is -0.164. The number of carbonyl (C=O) groups is 1. The zero-order valence-corrected chi connectivity index (χ0v) is 13.8. The fraction of sp³-hybridized carbons (Fsp3) is 0.333. The molecule has 1 N–H and O–H groups in total. The second-order valence-electron chi connectivity index (χ2n) is 6.46. The molecule has 1 aromatic heterocycles. The minimum Gasteiger partial charge on any atom is -0.362 e. The average Bonchev–Trinajstić information content (AvgIpc) is 2.46. The molecule has 0 fully saturated rings. The van der Waals surface area contributed by atoms with Crippen molar-refractivity contribution in [2.75, 3.05) is 24.3 Å². The topological polar surface area (TPSA) is 45.2 Å². The SMILES string of the molecule is CN(C)c1ncccc1C(=O)Nc1cc[c]c(C(C)(C)C)c1. The summed E-state index contributed by atoms with van der Waals surface area (Å²) in [6.07, 6.45) is 1.68. The summed E-state index contributed by atoms with van der Waals surface area (Å²) in [5, 5.41) is 2.94. The van der Waals surface area contributed by atoms with Crippen LogP contribution in [0.15, 0.2) is 36.5 Å². The van der Waals surface area contributed by atoms with E-state index < -0.39 is 0 Å². The van der Waals surface area contributed by atoms with Crippen LogP contribution in [0.2, 0.25) is 0 Å². The van der Waals surface area contributed by atoms with Crippen molar-refractivity contribution in [3.05, 3.63) is 53.7 Å². The van der Waals surface area contributed by atoms with Crippen molar-refractivity contribution in [3.63, 3.8) is 0 Å². The lowest BCUT2D eigenvalue weighted by Crippen LogP contribution is -2.20. The molecule has 0 aliphatic rings. The number of hydrogen-bond donors (Lipinski definition) is 1. The lowest BCUT2D eigenvalue weighted by atomic mass is 9.87. The highest BCUT2D eigenvalue weighted by molar-refractivity contribution is 6.07. The fourth-order valence-corrected chi connectivity index (χ4v) is 2.11. The van der Waals surface area contributed by atoms with Gasteiger partial charge in [-0.1, -0.05) is 26.8 Å². The molecule has 0 saturated heterocycles. The van der Waals surface area contributed by atoms with E-state index in [0.29, 0.717) is 11.4 Å². The van der Waals surface area contributed by atoms with E-state index in [1.807, 2.05) is 37.2 Å². The minimum absolute atomic E-state index is 0.0101. The Bertz CT molecular complexity index is 672. The Kier molecular flexibility index (Phi) is 4.50. The maximum Gasteiger partial charge on any atom is 0.259 e. The van der Waals surface area contributed by atoms with Crippen LogP contribution in [-0.4, -0.2) is 25.0 Å². The van der Waals surface area contributed by atoms with E-state index in [0.717, 1.165) is 11.3 Å². The summed E-state index contributed by atoms with van der Waals surface area (Å²) < 4.78 is 0. The van der Waals surface area contributed by atoms with Gasteiger partial charge in [0.25, 0.3) is 5.91 Å². The van der Waals surface area contributed by atoms with Gasteiger partial charge in [0.1, 0.15) is 5.82 Å². The predicted octanol–water partition coefficient (Wildman–Crippen LogP) is 3.50. The molecule has 1 heterocycles. The Hall–Kier alpha value is -2.36. The van der Waals surface area contributed by atoms with Gasteiger partial charge in [0.2, 0.25) is 0 Å². The fourth-order valence-electron chi connectivity index (χ4n) is 2.11. The number of anilines is 2. The van der Waals surface area contributed by atoms with Crippen molar-refractivity contribution < 1.29 is 4.79 Å². The monoisotopic (exact) mass is 296 g/mol. The molecule has 115 valence electrons. The van der Waals surface area contributed by atoms with Crippen LogP contribution < -0.4 is 10.2 Å². The first-order valence-electron chi connectivity index (χ1n) is 7.25. The molecule has 4 nitrogen and oxygen atoms in total. The lowest BCUT2D eigenvalue weighted by molar-refractivity contribution is 0.102. The van der Waals surface area contributed by atoms with Gasteiger partial charge in [0, 0.05) is 26.0 Å². The second-order valence-corrected chi connectivity index (χ2v) is 6.46. The molecular formula is C18H22N3O. The Morgan fingerprint density at radius 3 is 2.64 bits per heavy atom. The van der Waals surface area contributed by atoms with Crippen molar-refractivity contribution in [3.8, 4) is 0 Å². The molecule has 22 heavy (non-hydrogen) atoms. The van der Waals surface area contributed by atoms with Crippen molar-refractivity contribution in [2.45, 2.75) is 26.2 Å². The number of rotatable bonds is 3. The molecule has 0 atom stereocenters. The van der Waals surface area contributed by atoms with E-state index in [2.05, 4.69) is 37.1 Å². The van der Waals surface area contributed by atoms with E-state index in [4.69, 9.17) is 0 Å². The van der Waals surface area contributed by atoms with Crippen LogP contribution in [-0.2, 0) is 5.41 Å². The van der Waals surface area contributed by atoms with Crippen molar-refractivity contribution in [1.29, 1.82) is 0 Å². The van der Waals surface area contributed by atoms with Gasteiger partial charge < -0.3 is 10.2 Å². The first-order valence-corrected chi connectivity index (χ1v) is 7.25. The predicted molar refractivity (Wildman–Crippen MR) is 90.5 cm³/mol. The number of nitrogens with zero attached hydrogens (tertiary/aromatic N) is 2. The highest BCUT2D eigenvalue weighted by atomic mass is 16.1. The Balaban J connectivity index is 2.27. The smallest absolute Gasteiger partial charge is 0.259 e. The van der Waals surface area contributed by atoms with Crippen molar-refractivity contribution in [1.82, 2.24) is 4.98 Å². The lowest BCUT2D eigenvalue weighted by Gasteiger charge is -2.20. The maximum absolute atomic E-state index is 12.5. The van der Waals surface area contributed by atoms with Gasteiger partial charge in [-0.3, -0.25) is 4.79 Å². The average molecular weight is 296 g/mol. The molecule has 0 unspecified atom stereocenters. The Morgan fingerprint density at radius 2 is 2.00 bits per heavy atom. The Morgan fingerprint density at radius 1 is 1.27 bits per heavy atom. The molecule has 0 aliphatic carbocycles. The summed E-state index contributed by atoms with van der Waals surface area (Å²) >= 11 is 0. The number of nitrogens with one attached hydrogen (secondary N) is 1. The summed E-state index contributed by atoms with van der Waals surface area (Å²) in [6.45, 7) is 6.36. The van der Waals surface area contributed by atoms with E-state index in [1.54, 1.807) is 18.3 Å². The number of amides is 1. The molecule has 0 aliphatic heterocycles. The van der Waals surface area contributed by atoms with Crippen LogP contribution >= 0.6 is 0 Å². The molecule has 0 saturated carbocycles. The normalized spacial score (nSPS) is 11.1. The summed E-state index contributed by atoms with van der Waals surface area (Å²) in [4.78, 5) is 18.6. The van der Waals surface area contributed by atoms with Crippen LogP contribution in [0, 0.1) is 6.07 Å². The highest BCUT2D eigenvalue weighted by Gasteiger charge is 2.16. The first-order chi connectivity index (χ1) is 10.3. The molecule has 4 heteroatoms. The number of aromatic nitrogens is 1. The van der Waals surface area contributed by atoms with E-state index in [-0.39, 0.29) is 11.3 Å². The third-order valence-electron chi connectivity index (χ3n) is 3.32. The molecule has 0 bridgehead atoms. The second kappa shape index (κ2) is 6.18. The van der Waals surface area contributed by atoms with Crippen LogP contribution in [0.3, 0.4) is 0 Å². The van der Waals surface area contributed by atoms with E-state index in [9.17, 15) is 4.79 Å². The number of pyridine rings is 1. The van der Waals surface area contributed by atoms with Crippen LogP contribution in [0.1, 0.15) is 36.7 Å². The van der Waals surface area contributed by atoms with Gasteiger partial charge in [-0.25, -0.2) is 4.98 Å². The van der Waals surface area contributed by atoms with Gasteiger partial charge in [-0.2, -0.15) is 0 Å². The van der Waals surface area contributed by atoms with Crippen molar-refractivity contribution >= 4 is 17.4 Å². The number of benzene rings is 1. The quantitative estimate of drug-likeness (QED) is 0.943. The molecule has 1 amide bonds. The zero-order chi connectivity index (χ0) is 16.3. The van der Waals surface area contributed by atoms with Gasteiger partial charge in [0.05, 0.1) is 5.56 Å². The molecule has 2 rings (SSSR count). The van der Waals surface area contributed by atoms with Gasteiger partial charge in [-0.15, -0.1) is 0 Å². The zero-order valence-electron chi connectivity index (χ0n) is 13.8. The highest BCUT2D eigenvalue weighted by Crippen LogP contribution is 2.25. The third-order valence-corrected chi connectivity index (χ3v) is 3.32. The summed E-state index contributed by atoms with van der Waals surface area (Å²) in [7, 11) is 3.74. The van der Waals surface area contributed by atoms with Gasteiger partial charge in [0.15, 0.2) is 0 Å². The number of hydrogen-bond acceptors (Lipinski definition) is 3.